The molecule has 1 N–H and O–H groups in total. The largest absolute Gasteiger partial charge is 0.356 e. The van der Waals surface area contributed by atoms with Crippen LogP contribution in [0.25, 0.3) is 0 Å². The van der Waals surface area contributed by atoms with Crippen LogP contribution in [0.3, 0.4) is 0 Å². The molecule has 0 radical (unpaired) electrons. The minimum absolute atomic E-state index is 0.0953. The van der Waals surface area contributed by atoms with Gasteiger partial charge in [-0.2, -0.15) is 4.31 Å². The first-order valence-electron chi connectivity index (χ1n) is 12.2. The summed E-state index contributed by atoms with van der Waals surface area (Å²) in [5, 5.41) is 0. The Kier molecular flexibility index (Phi) is 7.55. The third kappa shape index (κ3) is 5.20. The van der Waals surface area contributed by atoms with E-state index in [0.717, 1.165) is 70.9 Å². The first-order valence-corrected chi connectivity index (χ1v) is 13.7. The quantitative estimate of drug-likeness (QED) is 0.741. The van der Waals surface area contributed by atoms with Gasteiger partial charge in [-0.05, 0) is 44.6 Å². The molecular formula is C23H36N4O4S. The Morgan fingerprint density at radius 1 is 0.812 bits per heavy atom. The number of nitrogens with one attached hydrogen (secondary N) is 1. The zero-order valence-corrected chi connectivity index (χ0v) is 19.7. The summed E-state index contributed by atoms with van der Waals surface area (Å²) in [5.74, 6) is -0.326. The van der Waals surface area contributed by atoms with E-state index in [0.29, 0.717) is 31.7 Å². The van der Waals surface area contributed by atoms with E-state index in [9.17, 15) is 18.0 Å². The molecule has 3 aliphatic rings. The van der Waals surface area contributed by atoms with Crippen molar-refractivity contribution in [2.75, 3.05) is 39.3 Å². The number of H-pyrrole nitrogens is 1. The van der Waals surface area contributed by atoms with Crippen molar-refractivity contribution in [3.8, 4) is 0 Å². The number of nitrogens with zero attached hydrogens (tertiary/aromatic N) is 3. The van der Waals surface area contributed by atoms with E-state index in [-0.39, 0.29) is 29.2 Å². The fourth-order valence-corrected chi connectivity index (χ4v) is 6.67. The van der Waals surface area contributed by atoms with Crippen LogP contribution in [0.1, 0.15) is 74.7 Å². The number of carbonyl (C=O) groups excluding carboxylic acids is 2. The maximum absolute atomic E-state index is 13.3. The van der Waals surface area contributed by atoms with Gasteiger partial charge in [-0.25, -0.2) is 8.42 Å². The standard InChI is InChI=1S/C23H36N4O4S/c28-22(25-11-5-1-2-6-12-25)19-10-9-15-27(18-19)32(30,31)20-16-21(24-17-20)23(29)26-13-7-3-4-8-14-26/h16-17,19,24H,1-15,18H2. The summed E-state index contributed by atoms with van der Waals surface area (Å²) < 4.78 is 28.1. The Balaban J connectivity index is 1.43. The van der Waals surface area contributed by atoms with Crippen LogP contribution in [0.15, 0.2) is 17.2 Å². The van der Waals surface area contributed by atoms with Crippen molar-refractivity contribution in [2.45, 2.75) is 69.1 Å². The van der Waals surface area contributed by atoms with Crippen molar-refractivity contribution in [1.82, 2.24) is 19.1 Å². The lowest BCUT2D eigenvalue weighted by molar-refractivity contribution is -0.136. The predicted octanol–water partition coefficient (Wildman–Crippen LogP) is 2.83. The zero-order valence-electron chi connectivity index (χ0n) is 18.9. The minimum atomic E-state index is -3.76. The maximum Gasteiger partial charge on any atom is 0.270 e. The second kappa shape index (κ2) is 10.4. The maximum atomic E-state index is 13.3. The Morgan fingerprint density at radius 3 is 2.03 bits per heavy atom. The van der Waals surface area contributed by atoms with Crippen LogP contribution in [0.4, 0.5) is 0 Å². The summed E-state index contributed by atoms with van der Waals surface area (Å²) in [6.45, 7) is 3.62. The number of likely N-dealkylation sites (tertiary alicyclic amines) is 2. The molecule has 0 aliphatic carbocycles. The molecule has 1 aromatic rings. The van der Waals surface area contributed by atoms with E-state index in [4.69, 9.17) is 0 Å². The van der Waals surface area contributed by atoms with Gasteiger partial charge in [0, 0.05) is 45.5 Å². The molecular weight excluding hydrogens is 428 g/mol. The van der Waals surface area contributed by atoms with Gasteiger partial charge in [0.2, 0.25) is 15.9 Å². The second-order valence-electron chi connectivity index (χ2n) is 9.40. The van der Waals surface area contributed by atoms with E-state index in [1.54, 1.807) is 0 Å². The highest BCUT2D eigenvalue weighted by Crippen LogP contribution is 2.27. The molecule has 3 aliphatic heterocycles. The summed E-state index contributed by atoms with van der Waals surface area (Å²) in [7, 11) is -3.76. The van der Waals surface area contributed by atoms with Gasteiger partial charge in [-0.1, -0.05) is 25.7 Å². The number of sulfonamides is 1. The Hall–Kier alpha value is -1.87. The molecule has 0 aromatic carbocycles. The van der Waals surface area contributed by atoms with Crippen molar-refractivity contribution in [3.05, 3.63) is 18.0 Å². The molecule has 32 heavy (non-hydrogen) atoms. The number of carbonyl (C=O) groups is 2. The monoisotopic (exact) mass is 464 g/mol. The number of aromatic amines is 1. The van der Waals surface area contributed by atoms with Crippen LogP contribution in [-0.4, -0.2) is 78.6 Å². The molecule has 0 saturated carbocycles. The smallest absolute Gasteiger partial charge is 0.270 e. The summed E-state index contributed by atoms with van der Waals surface area (Å²) >= 11 is 0. The van der Waals surface area contributed by atoms with E-state index in [2.05, 4.69) is 4.98 Å². The fraction of sp³-hybridized carbons (Fsp3) is 0.739. The zero-order chi connectivity index (χ0) is 22.6. The SMILES string of the molecule is O=C(c1cc(S(=O)(=O)N2CCCC(C(=O)N3CCCCCC3)C2)c[nH]1)N1CCCCCC1. The summed E-state index contributed by atoms with van der Waals surface area (Å²) in [6.07, 6.45) is 11.4. The topological polar surface area (TPSA) is 93.8 Å². The molecule has 178 valence electrons. The van der Waals surface area contributed by atoms with Crippen LogP contribution < -0.4 is 0 Å². The normalized spacial score (nSPS) is 24.1. The number of hydrogen-bond acceptors (Lipinski definition) is 4. The lowest BCUT2D eigenvalue weighted by Crippen LogP contribution is -2.46. The molecule has 4 rings (SSSR count). The van der Waals surface area contributed by atoms with E-state index in [1.807, 2.05) is 9.80 Å². The van der Waals surface area contributed by atoms with Gasteiger partial charge in [0.1, 0.15) is 10.6 Å². The molecule has 1 atom stereocenters. The highest BCUT2D eigenvalue weighted by molar-refractivity contribution is 7.89. The van der Waals surface area contributed by atoms with Crippen molar-refractivity contribution >= 4 is 21.8 Å². The Bertz CT molecular complexity index is 897. The first-order chi connectivity index (χ1) is 15.5. The van der Waals surface area contributed by atoms with Gasteiger partial charge >= 0.3 is 0 Å². The summed E-state index contributed by atoms with van der Waals surface area (Å²) in [4.78, 5) is 32.7. The van der Waals surface area contributed by atoms with Crippen LogP contribution >= 0.6 is 0 Å². The lowest BCUT2D eigenvalue weighted by atomic mass is 9.98. The summed E-state index contributed by atoms with van der Waals surface area (Å²) in [5.41, 5.74) is 0.319. The number of piperidine rings is 1. The van der Waals surface area contributed by atoms with Crippen molar-refractivity contribution in [2.24, 2.45) is 5.92 Å². The van der Waals surface area contributed by atoms with Crippen LogP contribution in [0.2, 0.25) is 0 Å². The Labute approximate surface area is 191 Å². The molecule has 3 saturated heterocycles. The van der Waals surface area contributed by atoms with Crippen molar-refractivity contribution in [3.63, 3.8) is 0 Å². The number of amides is 2. The molecule has 0 spiro atoms. The minimum Gasteiger partial charge on any atom is -0.356 e. The number of aromatic nitrogens is 1. The third-order valence-electron chi connectivity index (χ3n) is 7.07. The predicted molar refractivity (Wildman–Crippen MR) is 122 cm³/mol. The first kappa shape index (κ1) is 23.3. The van der Waals surface area contributed by atoms with Crippen LogP contribution in [0, 0.1) is 5.92 Å². The number of rotatable bonds is 4. The fourth-order valence-electron chi connectivity index (χ4n) is 5.15. The Morgan fingerprint density at radius 2 is 1.41 bits per heavy atom. The van der Waals surface area contributed by atoms with Gasteiger partial charge in [0.15, 0.2) is 0 Å². The van der Waals surface area contributed by atoms with Crippen LogP contribution in [0.5, 0.6) is 0 Å². The number of hydrogen-bond donors (Lipinski definition) is 1. The molecule has 2 amide bonds. The second-order valence-corrected chi connectivity index (χ2v) is 11.3. The highest BCUT2D eigenvalue weighted by atomic mass is 32.2. The molecule has 4 heterocycles. The molecule has 0 bridgehead atoms. The third-order valence-corrected chi connectivity index (χ3v) is 8.91. The highest BCUT2D eigenvalue weighted by Gasteiger charge is 2.36. The van der Waals surface area contributed by atoms with Gasteiger partial charge < -0.3 is 14.8 Å². The van der Waals surface area contributed by atoms with E-state index in [1.165, 1.54) is 16.6 Å². The average Bonchev–Trinajstić information content (AvgIpc) is 2.99. The van der Waals surface area contributed by atoms with Gasteiger partial charge in [-0.3, -0.25) is 9.59 Å². The van der Waals surface area contributed by atoms with Crippen molar-refractivity contribution in [1.29, 1.82) is 0 Å². The molecule has 8 nitrogen and oxygen atoms in total. The van der Waals surface area contributed by atoms with Gasteiger partial charge in [0.05, 0.1) is 5.92 Å². The van der Waals surface area contributed by atoms with Crippen LogP contribution in [-0.2, 0) is 14.8 Å². The summed E-state index contributed by atoms with van der Waals surface area (Å²) in [6, 6.07) is 1.46. The van der Waals surface area contributed by atoms with E-state index < -0.39 is 10.0 Å². The molecule has 1 aromatic heterocycles. The molecule has 9 heteroatoms. The van der Waals surface area contributed by atoms with Crippen molar-refractivity contribution < 1.29 is 18.0 Å². The van der Waals surface area contributed by atoms with Gasteiger partial charge in [0.25, 0.3) is 5.91 Å². The van der Waals surface area contributed by atoms with E-state index >= 15 is 0 Å². The molecule has 3 fully saturated rings. The van der Waals surface area contributed by atoms with Gasteiger partial charge in [-0.15, -0.1) is 0 Å². The lowest BCUT2D eigenvalue weighted by Gasteiger charge is -2.34. The average molecular weight is 465 g/mol. The molecule has 1 unspecified atom stereocenters.